The van der Waals surface area contributed by atoms with Gasteiger partial charge < -0.3 is 9.80 Å². The van der Waals surface area contributed by atoms with Gasteiger partial charge >= 0.3 is 0 Å². The van der Waals surface area contributed by atoms with E-state index in [1.807, 2.05) is 18.2 Å². The topological polar surface area (TPSA) is 23.6 Å². The number of para-hydroxylation sites is 1. The van der Waals surface area contributed by atoms with E-state index in [2.05, 4.69) is 23.9 Å². The minimum atomic E-state index is 0.523. The number of piperidine rings is 1. The SMILES string of the molecule is CN(C)C1CCCN(c2c(Cl)cccc2C=O)C1. The summed E-state index contributed by atoms with van der Waals surface area (Å²) in [4.78, 5) is 15.6. The largest absolute Gasteiger partial charge is 0.368 e. The zero-order valence-corrected chi connectivity index (χ0v) is 11.7. The lowest BCUT2D eigenvalue weighted by Gasteiger charge is -2.38. The van der Waals surface area contributed by atoms with E-state index >= 15 is 0 Å². The van der Waals surface area contributed by atoms with Gasteiger partial charge in [0.2, 0.25) is 0 Å². The Labute approximate surface area is 113 Å². The van der Waals surface area contributed by atoms with Gasteiger partial charge in [-0.1, -0.05) is 17.7 Å². The number of halogens is 1. The lowest BCUT2D eigenvalue weighted by molar-refractivity contribution is 0.112. The summed E-state index contributed by atoms with van der Waals surface area (Å²) in [5.41, 5.74) is 1.57. The van der Waals surface area contributed by atoms with Crippen LogP contribution in [-0.4, -0.2) is 44.4 Å². The molecule has 0 amide bonds. The van der Waals surface area contributed by atoms with E-state index in [4.69, 9.17) is 11.6 Å². The van der Waals surface area contributed by atoms with Crippen molar-refractivity contribution in [2.75, 3.05) is 32.1 Å². The Morgan fingerprint density at radius 2 is 2.22 bits per heavy atom. The molecular weight excluding hydrogens is 248 g/mol. The highest BCUT2D eigenvalue weighted by Crippen LogP contribution is 2.31. The maximum absolute atomic E-state index is 11.1. The molecule has 1 aromatic carbocycles. The van der Waals surface area contributed by atoms with Crippen molar-refractivity contribution in [3.8, 4) is 0 Å². The second kappa shape index (κ2) is 5.72. The summed E-state index contributed by atoms with van der Waals surface area (Å²) in [7, 11) is 4.20. The fraction of sp³-hybridized carbons (Fsp3) is 0.500. The fourth-order valence-electron chi connectivity index (χ4n) is 2.54. The van der Waals surface area contributed by atoms with Crippen LogP contribution in [0, 0.1) is 0 Å². The summed E-state index contributed by atoms with van der Waals surface area (Å²) in [5, 5.41) is 0.666. The molecule has 0 radical (unpaired) electrons. The molecule has 0 spiro atoms. The van der Waals surface area contributed by atoms with Crippen LogP contribution in [0.5, 0.6) is 0 Å². The Hall–Kier alpha value is -1.06. The Morgan fingerprint density at radius 3 is 2.89 bits per heavy atom. The van der Waals surface area contributed by atoms with Crippen LogP contribution < -0.4 is 4.90 Å². The zero-order chi connectivity index (χ0) is 13.1. The quantitative estimate of drug-likeness (QED) is 0.786. The molecule has 18 heavy (non-hydrogen) atoms. The standard InChI is InChI=1S/C14H19ClN2O/c1-16(2)12-6-4-8-17(9-12)14-11(10-18)5-3-7-13(14)15/h3,5,7,10,12H,4,6,8-9H2,1-2H3. The minimum Gasteiger partial charge on any atom is -0.368 e. The number of hydrogen-bond donors (Lipinski definition) is 0. The smallest absolute Gasteiger partial charge is 0.152 e. The maximum Gasteiger partial charge on any atom is 0.152 e. The molecule has 1 aliphatic heterocycles. The molecule has 1 atom stereocenters. The second-order valence-electron chi connectivity index (χ2n) is 5.00. The van der Waals surface area contributed by atoms with Crippen molar-refractivity contribution in [2.45, 2.75) is 18.9 Å². The van der Waals surface area contributed by atoms with Gasteiger partial charge in [-0.25, -0.2) is 0 Å². The number of nitrogens with zero attached hydrogens (tertiary/aromatic N) is 2. The van der Waals surface area contributed by atoms with Crippen molar-refractivity contribution in [3.63, 3.8) is 0 Å². The third kappa shape index (κ3) is 2.68. The number of carbonyl (C=O) groups excluding carboxylic acids is 1. The van der Waals surface area contributed by atoms with Gasteiger partial charge in [0.1, 0.15) is 0 Å². The first-order valence-corrected chi connectivity index (χ1v) is 6.66. The van der Waals surface area contributed by atoms with Crippen LogP contribution in [0.25, 0.3) is 0 Å². The molecule has 98 valence electrons. The molecule has 1 fully saturated rings. The van der Waals surface area contributed by atoms with E-state index < -0.39 is 0 Å². The summed E-state index contributed by atoms with van der Waals surface area (Å²) >= 11 is 6.25. The number of aldehydes is 1. The van der Waals surface area contributed by atoms with Crippen molar-refractivity contribution in [3.05, 3.63) is 28.8 Å². The average molecular weight is 267 g/mol. The number of likely N-dealkylation sites (N-methyl/N-ethyl adjacent to an activating group) is 1. The van der Waals surface area contributed by atoms with Gasteiger partial charge in [0.05, 0.1) is 10.7 Å². The molecule has 1 aliphatic rings. The first-order chi connectivity index (χ1) is 8.63. The lowest BCUT2D eigenvalue weighted by atomic mass is 10.0. The lowest BCUT2D eigenvalue weighted by Crippen LogP contribution is -2.45. The average Bonchev–Trinajstić information content (AvgIpc) is 2.38. The van der Waals surface area contributed by atoms with Crippen LogP contribution in [0.15, 0.2) is 18.2 Å². The van der Waals surface area contributed by atoms with E-state index in [0.29, 0.717) is 16.6 Å². The molecule has 4 heteroatoms. The number of anilines is 1. The molecule has 0 aliphatic carbocycles. The summed E-state index contributed by atoms with van der Waals surface area (Å²) < 4.78 is 0. The highest BCUT2D eigenvalue weighted by Gasteiger charge is 2.24. The molecule has 1 unspecified atom stereocenters. The molecule has 0 aromatic heterocycles. The van der Waals surface area contributed by atoms with E-state index in [9.17, 15) is 4.79 Å². The van der Waals surface area contributed by atoms with Gasteiger partial charge in [0.25, 0.3) is 0 Å². The Bertz CT molecular complexity index is 434. The monoisotopic (exact) mass is 266 g/mol. The predicted molar refractivity (Wildman–Crippen MR) is 75.8 cm³/mol. The molecular formula is C14H19ClN2O. The van der Waals surface area contributed by atoms with Gasteiger partial charge in [0.15, 0.2) is 6.29 Å². The number of rotatable bonds is 3. The van der Waals surface area contributed by atoms with Crippen molar-refractivity contribution in [1.82, 2.24) is 4.90 Å². The van der Waals surface area contributed by atoms with Crippen molar-refractivity contribution in [1.29, 1.82) is 0 Å². The van der Waals surface area contributed by atoms with E-state index in [0.717, 1.165) is 31.5 Å². The first-order valence-electron chi connectivity index (χ1n) is 6.28. The van der Waals surface area contributed by atoms with Gasteiger partial charge in [0, 0.05) is 24.7 Å². The first kappa shape index (κ1) is 13.4. The van der Waals surface area contributed by atoms with Crippen LogP contribution >= 0.6 is 11.6 Å². The predicted octanol–water partition coefficient (Wildman–Crippen LogP) is 2.68. The van der Waals surface area contributed by atoms with Gasteiger partial charge in [-0.3, -0.25) is 4.79 Å². The van der Waals surface area contributed by atoms with Crippen molar-refractivity contribution in [2.24, 2.45) is 0 Å². The van der Waals surface area contributed by atoms with Gasteiger partial charge in [-0.2, -0.15) is 0 Å². The van der Waals surface area contributed by atoms with Crippen LogP contribution in [0.2, 0.25) is 5.02 Å². The van der Waals surface area contributed by atoms with Gasteiger partial charge in [-0.05, 0) is 39.1 Å². The van der Waals surface area contributed by atoms with E-state index in [1.54, 1.807) is 0 Å². The van der Waals surface area contributed by atoms with Crippen LogP contribution in [0.1, 0.15) is 23.2 Å². The molecule has 0 bridgehead atoms. The minimum absolute atomic E-state index is 0.523. The highest BCUT2D eigenvalue weighted by atomic mass is 35.5. The second-order valence-corrected chi connectivity index (χ2v) is 5.41. The van der Waals surface area contributed by atoms with E-state index in [-0.39, 0.29) is 0 Å². The number of carbonyl (C=O) groups is 1. The third-order valence-corrected chi connectivity index (χ3v) is 3.89. The Balaban J connectivity index is 2.28. The van der Waals surface area contributed by atoms with E-state index in [1.165, 1.54) is 6.42 Å². The third-order valence-electron chi connectivity index (χ3n) is 3.59. The summed E-state index contributed by atoms with van der Waals surface area (Å²) in [6.45, 7) is 1.90. The molecule has 0 saturated carbocycles. The zero-order valence-electron chi connectivity index (χ0n) is 10.9. The molecule has 1 aromatic rings. The van der Waals surface area contributed by atoms with Gasteiger partial charge in [-0.15, -0.1) is 0 Å². The number of hydrogen-bond acceptors (Lipinski definition) is 3. The molecule has 0 N–H and O–H groups in total. The van der Waals surface area contributed by atoms with Crippen molar-refractivity contribution >= 4 is 23.6 Å². The maximum atomic E-state index is 11.1. The van der Waals surface area contributed by atoms with Crippen LogP contribution in [0.4, 0.5) is 5.69 Å². The number of benzene rings is 1. The highest BCUT2D eigenvalue weighted by molar-refractivity contribution is 6.33. The van der Waals surface area contributed by atoms with Crippen LogP contribution in [-0.2, 0) is 0 Å². The van der Waals surface area contributed by atoms with Crippen LogP contribution in [0.3, 0.4) is 0 Å². The Morgan fingerprint density at radius 1 is 1.44 bits per heavy atom. The summed E-state index contributed by atoms with van der Waals surface area (Å²) in [5.74, 6) is 0. The summed E-state index contributed by atoms with van der Waals surface area (Å²) in [6, 6.07) is 6.02. The normalized spacial score (nSPS) is 20.2. The molecule has 2 rings (SSSR count). The summed E-state index contributed by atoms with van der Waals surface area (Å²) in [6.07, 6.45) is 3.22. The molecule has 1 saturated heterocycles. The molecule has 3 nitrogen and oxygen atoms in total. The fourth-order valence-corrected chi connectivity index (χ4v) is 2.84. The van der Waals surface area contributed by atoms with Crippen molar-refractivity contribution < 1.29 is 4.79 Å². The Kier molecular flexibility index (Phi) is 4.25. The molecule has 1 heterocycles.